The van der Waals surface area contributed by atoms with Crippen LogP contribution in [0.1, 0.15) is 16.1 Å². The van der Waals surface area contributed by atoms with Crippen LogP contribution in [0.15, 0.2) is 6.20 Å². The van der Waals surface area contributed by atoms with Gasteiger partial charge in [0.05, 0.1) is 17.1 Å². The van der Waals surface area contributed by atoms with Gasteiger partial charge in [-0.05, 0) is 0 Å². The van der Waals surface area contributed by atoms with Crippen LogP contribution >= 0.6 is 0 Å². The number of halogens is 3. The Bertz CT molecular complexity index is 661. The topological polar surface area (TPSA) is 106 Å². The predicted octanol–water partition coefficient (Wildman–Crippen LogP) is -0.0518. The Morgan fingerprint density at radius 1 is 1.29 bits per heavy atom. The van der Waals surface area contributed by atoms with Gasteiger partial charge in [0.25, 0.3) is 5.91 Å². The van der Waals surface area contributed by atoms with E-state index in [4.69, 9.17) is 5.73 Å². The molecular weight excluding hydrogens is 313 g/mol. The maximum atomic E-state index is 12.9. The number of carbonyl (C=O) groups is 1. The van der Waals surface area contributed by atoms with Crippen molar-refractivity contribution in [3.8, 4) is 0 Å². The molecule has 0 unspecified atom stereocenters. The Labute approximate surface area is 117 Å². The summed E-state index contributed by atoms with van der Waals surface area (Å²) in [6.07, 6.45) is -4.15. The molecule has 0 aliphatic carbocycles. The molecule has 116 valence electrons. The van der Waals surface area contributed by atoms with Gasteiger partial charge in [0.15, 0.2) is 15.5 Å². The van der Waals surface area contributed by atoms with Crippen LogP contribution < -0.4 is 5.73 Å². The number of amides is 1. The lowest BCUT2D eigenvalue weighted by molar-refractivity contribution is -0.141. The Morgan fingerprint density at radius 3 is 2.38 bits per heavy atom. The number of nitrogen functional groups attached to an aromatic ring is 1. The second-order valence-electron chi connectivity index (χ2n) is 4.43. The Kier molecular flexibility index (Phi) is 3.78. The number of hydrogen-bond donors (Lipinski definition) is 1. The van der Waals surface area contributed by atoms with Crippen molar-refractivity contribution in [3.05, 3.63) is 17.5 Å². The number of rotatable bonds is 1. The molecule has 0 aromatic carbocycles. The van der Waals surface area contributed by atoms with Crippen LogP contribution in [0.4, 0.5) is 19.1 Å². The minimum atomic E-state index is -4.86. The first-order valence-electron chi connectivity index (χ1n) is 5.79. The van der Waals surface area contributed by atoms with Crippen molar-refractivity contribution < 1.29 is 26.4 Å². The highest BCUT2D eigenvalue weighted by Gasteiger charge is 2.39. The molecule has 21 heavy (non-hydrogen) atoms. The van der Waals surface area contributed by atoms with Gasteiger partial charge in [-0.2, -0.15) is 13.2 Å². The normalized spacial score (nSPS) is 18.5. The standard InChI is InChI=1S/C10H11F3N4O3S/c11-10(12,13)7-6(5-15-9(14)16-7)8(18)17-1-3-21(19,20)4-2-17/h5H,1-4H2,(H2,14,15,16). The molecule has 11 heteroatoms. The molecule has 1 fully saturated rings. The van der Waals surface area contributed by atoms with Gasteiger partial charge in [-0.3, -0.25) is 4.79 Å². The van der Waals surface area contributed by atoms with E-state index in [0.717, 1.165) is 4.90 Å². The molecule has 7 nitrogen and oxygen atoms in total. The van der Waals surface area contributed by atoms with E-state index < -0.39 is 39.1 Å². The highest BCUT2D eigenvalue weighted by Crippen LogP contribution is 2.31. The van der Waals surface area contributed by atoms with E-state index in [1.165, 1.54) is 0 Å². The van der Waals surface area contributed by atoms with Crippen LogP contribution in [0.2, 0.25) is 0 Å². The van der Waals surface area contributed by atoms with Crippen molar-refractivity contribution >= 4 is 21.7 Å². The SMILES string of the molecule is Nc1ncc(C(=O)N2CCS(=O)(=O)CC2)c(C(F)(F)F)n1. The number of anilines is 1. The molecule has 1 aliphatic rings. The second-order valence-corrected chi connectivity index (χ2v) is 6.74. The average Bonchev–Trinajstić information content (AvgIpc) is 2.37. The summed E-state index contributed by atoms with van der Waals surface area (Å²) in [5, 5.41) is 0. The van der Waals surface area contributed by atoms with Gasteiger partial charge < -0.3 is 10.6 Å². The number of aromatic nitrogens is 2. The lowest BCUT2D eigenvalue weighted by Crippen LogP contribution is -2.44. The molecule has 0 bridgehead atoms. The third-order valence-electron chi connectivity index (χ3n) is 2.94. The smallest absolute Gasteiger partial charge is 0.368 e. The average molecular weight is 324 g/mol. The maximum Gasteiger partial charge on any atom is 0.434 e. The molecular formula is C10H11F3N4O3S. The van der Waals surface area contributed by atoms with Crippen LogP contribution in [0.3, 0.4) is 0 Å². The zero-order valence-corrected chi connectivity index (χ0v) is 11.4. The number of nitrogens with two attached hydrogens (primary N) is 1. The van der Waals surface area contributed by atoms with E-state index in [0.29, 0.717) is 6.20 Å². The summed E-state index contributed by atoms with van der Waals surface area (Å²) in [5.41, 5.74) is 2.95. The van der Waals surface area contributed by atoms with Crippen molar-refractivity contribution in [1.82, 2.24) is 14.9 Å². The molecule has 2 heterocycles. The molecule has 1 saturated heterocycles. The summed E-state index contributed by atoms with van der Waals surface area (Å²) in [6, 6.07) is 0. The van der Waals surface area contributed by atoms with Gasteiger partial charge in [0, 0.05) is 19.3 Å². The van der Waals surface area contributed by atoms with E-state index in [-0.39, 0.29) is 24.6 Å². The maximum absolute atomic E-state index is 12.9. The van der Waals surface area contributed by atoms with Crippen molar-refractivity contribution in [3.63, 3.8) is 0 Å². The first-order valence-corrected chi connectivity index (χ1v) is 7.62. The zero-order chi connectivity index (χ0) is 15.8. The predicted molar refractivity (Wildman–Crippen MR) is 66.0 cm³/mol. The van der Waals surface area contributed by atoms with Crippen molar-refractivity contribution in [2.75, 3.05) is 30.3 Å². The highest BCUT2D eigenvalue weighted by molar-refractivity contribution is 7.91. The second kappa shape index (κ2) is 5.13. The van der Waals surface area contributed by atoms with E-state index in [1.54, 1.807) is 0 Å². The summed E-state index contributed by atoms with van der Waals surface area (Å²) in [5.74, 6) is -2.12. The van der Waals surface area contributed by atoms with Gasteiger partial charge in [-0.1, -0.05) is 0 Å². The fourth-order valence-corrected chi connectivity index (χ4v) is 3.06. The third kappa shape index (κ3) is 3.40. The minimum absolute atomic E-state index is 0.164. The molecule has 1 aromatic rings. The highest BCUT2D eigenvalue weighted by atomic mass is 32.2. The van der Waals surface area contributed by atoms with Gasteiger partial charge >= 0.3 is 6.18 Å². The molecule has 0 radical (unpaired) electrons. The van der Waals surface area contributed by atoms with E-state index in [2.05, 4.69) is 9.97 Å². The monoisotopic (exact) mass is 324 g/mol. The number of carbonyl (C=O) groups excluding carboxylic acids is 1. The van der Waals surface area contributed by atoms with Crippen LogP contribution in [-0.4, -0.2) is 53.8 Å². The summed E-state index contributed by atoms with van der Waals surface area (Å²) in [6.45, 7) is -0.328. The Hall–Kier alpha value is -1.91. The van der Waals surface area contributed by atoms with Crippen molar-refractivity contribution in [1.29, 1.82) is 0 Å². The molecule has 2 N–H and O–H groups in total. The number of nitrogens with zero attached hydrogens (tertiary/aromatic N) is 3. The van der Waals surface area contributed by atoms with Gasteiger partial charge in [0.1, 0.15) is 0 Å². The van der Waals surface area contributed by atoms with Crippen LogP contribution in [0.25, 0.3) is 0 Å². The Balaban J connectivity index is 2.32. The molecule has 1 amide bonds. The molecule has 0 spiro atoms. The molecule has 0 atom stereocenters. The fraction of sp³-hybridized carbons (Fsp3) is 0.500. The Morgan fingerprint density at radius 2 is 1.86 bits per heavy atom. The summed E-state index contributed by atoms with van der Waals surface area (Å²) >= 11 is 0. The van der Waals surface area contributed by atoms with E-state index >= 15 is 0 Å². The number of sulfone groups is 1. The summed E-state index contributed by atoms with van der Waals surface area (Å²) in [7, 11) is -3.24. The zero-order valence-electron chi connectivity index (χ0n) is 10.6. The fourth-order valence-electron chi connectivity index (χ4n) is 1.85. The minimum Gasteiger partial charge on any atom is -0.368 e. The van der Waals surface area contributed by atoms with Crippen LogP contribution in [0.5, 0.6) is 0 Å². The third-order valence-corrected chi connectivity index (χ3v) is 4.55. The van der Waals surface area contributed by atoms with Crippen molar-refractivity contribution in [2.45, 2.75) is 6.18 Å². The summed E-state index contributed by atoms with van der Waals surface area (Å²) < 4.78 is 61.1. The quantitative estimate of drug-likeness (QED) is 0.776. The van der Waals surface area contributed by atoms with Crippen LogP contribution in [0, 0.1) is 0 Å². The van der Waals surface area contributed by atoms with Gasteiger partial charge in [0.2, 0.25) is 5.95 Å². The number of alkyl halides is 3. The van der Waals surface area contributed by atoms with Crippen molar-refractivity contribution in [2.24, 2.45) is 0 Å². The van der Waals surface area contributed by atoms with E-state index in [9.17, 15) is 26.4 Å². The first-order chi connectivity index (χ1) is 9.60. The van der Waals surface area contributed by atoms with Gasteiger partial charge in [-0.15, -0.1) is 0 Å². The van der Waals surface area contributed by atoms with Gasteiger partial charge in [-0.25, -0.2) is 18.4 Å². The largest absolute Gasteiger partial charge is 0.434 e. The summed E-state index contributed by atoms with van der Waals surface area (Å²) in [4.78, 5) is 19.6. The van der Waals surface area contributed by atoms with E-state index in [1.807, 2.05) is 0 Å². The molecule has 1 aliphatic heterocycles. The number of hydrogen-bond acceptors (Lipinski definition) is 6. The molecule has 1 aromatic heterocycles. The lowest BCUT2D eigenvalue weighted by atomic mass is 10.2. The first kappa shape index (κ1) is 15.5. The lowest BCUT2D eigenvalue weighted by Gasteiger charge is -2.27. The van der Waals surface area contributed by atoms with Crippen LogP contribution in [-0.2, 0) is 16.0 Å². The molecule has 2 rings (SSSR count). The molecule has 0 saturated carbocycles.